The number of rotatable bonds is 0. The standard InChI is InChI=1S/C12H15N/c1-2-6-11-9(4-1)8-10-5-3-7-13-12(10)11/h1-2,4,6,10,12-13H,3,5,7-8H2/t10-,12+/m0/s1. The van der Waals surface area contributed by atoms with E-state index in [4.69, 9.17) is 0 Å². The molecule has 13 heavy (non-hydrogen) atoms. The summed E-state index contributed by atoms with van der Waals surface area (Å²) in [6.45, 7) is 1.20. The topological polar surface area (TPSA) is 12.0 Å². The van der Waals surface area contributed by atoms with Crippen LogP contribution in [-0.4, -0.2) is 6.54 Å². The van der Waals surface area contributed by atoms with E-state index < -0.39 is 0 Å². The maximum absolute atomic E-state index is 3.64. The Morgan fingerprint density at radius 2 is 2.15 bits per heavy atom. The summed E-state index contributed by atoms with van der Waals surface area (Å²) in [7, 11) is 0. The fourth-order valence-electron chi connectivity index (χ4n) is 2.84. The van der Waals surface area contributed by atoms with Crippen molar-refractivity contribution in [3.05, 3.63) is 35.4 Å². The molecule has 0 bridgehead atoms. The van der Waals surface area contributed by atoms with Crippen LogP contribution in [0.3, 0.4) is 0 Å². The van der Waals surface area contributed by atoms with E-state index in [9.17, 15) is 0 Å². The molecule has 1 aromatic carbocycles. The molecule has 0 aromatic heterocycles. The van der Waals surface area contributed by atoms with Gasteiger partial charge in [0.1, 0.15) is 0 Å². The van der Waals surface area contributed by atoms with Gasteiger partial charge in [0.05, 0.1) is 0 Å². The zero-order valence-electron chi connectivity index (χ0n) is 7.79. The molecule has 1 heterocycles. The quantitative estimate of drug-likeness (QED) is 0.634. The van der Waals surface area contributed by atoms with E-state index in [0.717, 1.165) is 5.92 Å². The van der Waals surface area contributed by atoms with E-state index in [2.05, 4.69) is 29.6 Å². The number of fused-ring (bicyclic) bond motifs is 3. The molecule has 1 aliphatic carbocycles. The molecule has 2 atom stereocenters. The molecule has 1 aliphatic heterocycles. The number of benzene rings is 1. The molecular formula is C12H15N. The summed E-state index contributed by atoms with van der Waals surface area (Å²) >= 11 is 0. The van der Waals surface area contributed by atoms with E-state index in [-0.39, 0.29) is 0 Å². The maximum atomic E-state index is 3.64. The van der Waals surface area contributed by atoms with Crippen LogP contribution in [0.25, 0.3) is 0 Å². The SMILES string of the molecule is c1ccc2c(c1)C[C@@H]1CCCN[C@@H]21. The van der Waals surface area contributed by atoms with Crippen molar-refractivity contribution in [3.63, 3.8) is 0 Å². The molecule has 1 saturated heterocycles. The van der Waals surface area contributed by atoms with Gasteiger partial charge in [-0.2, -0.15) is 0 Å². The Morgan fingerprint density at radius 1 is 1.23 bits per heavy atom. The first kappa shape index (κ1) is 7.57. The minimum Gasteiger partial charge on any atom is -0.310 e. The lowest BCUT2D eigenvalue weighted by Crippen LogP contribution is -2.31. The van der Waals surface area contributed by atoms with Crippen molar-refractivity contribution < 1.29 is 0 Å². The van der Waals surface area contributed by atoms with Gasteiger partial charge in [-0.3, -0.25) is 0 Å². The first-order valence-electron chi connectivity index (χ1n) is 5.26. The molecule has 0 saturated carbocycles. The Morgan fingerprint density at radius 3 is 3.15 bits per heavy atom. The third kappa shape index (κ3) is 1.11. The van der Waals surface area contributed by atoms with Gasteiger partial charge in [0.15, 0.2) is 0 Å². The lowest BCUT2D eigenvalue weighted by atomic mass is 9.92. The average Bonchev–Trinajstić information content (AvgIpc) is 2.56. The van der Waals surface area contributed by atoms with Crippen molar-refractivity contribution in [2.24, 2.45) is 5.92 Å². The van der Waals surface area contributed by atoms with Crippen molar-refractivity contribution in [1.29, 1.82) is 0 Å². The van der Waals surface area contributed by atoms with Crippen LogP contribution in [0, 0.1) is 5.92 Å². The molecule has 1 N–H and O–H groups in total. The van der Waals surface area contributed by atoms with Crippen LogP contribution in [0.1, 0.15) is 30.0 Å². The molecule has 0 unspecified atom stereocenters. The molecule has 1 aromatic rings. The molecule has 0 amide bonds. The van der Waals surface area contributed by atoms with Gasteiger partial charge in [-0.1, -0.05) is 24.3 Å². The largest absolute Gasteiger partial charge is 0.310 e. The second-order valence-corrected chi connectivity index (χ2v) is 4.24. The van der Waals surface area contributed by atoms with Gasteiger partial charge in [-0.15, -0.1) is 0 Å². The highest BCUT2D eigenvalue weighted by Crippen LogP contribution is 2.40. The Hall–Kier alpha value is -0.820. The Balaban J connectivity index is 2.01. The summed E-state index contributed by atoms with van der Waals surface area (Å²) in [4.78, 5) is 0. The first-order valence-corrected chi connectivity index (χ1v) is 5.26. The summed E-state index contributed by atoms with van der Waals surface area (Å²) < 4.78 is 0. The highest BCUT2D eigenvalue weighted by atomic mass is 14.9. The minimum absolute atomic E-state index is 0.671. The first-order chi connectivity index (χ1) is 6.45. The van der Waals surface area contributed by atoms with E-state index >= 15 is 0 Å². The van der Waals surface area contributed by atoms with E-state index in [1.807, 2.05) is 0 Å². The highest BCUT2D eigenvalue weighted by molar-refractivity contribution is 5.36. The fraction of sp³-hybridized carbons (Fsp3) is 0.500. The third-order valence-corrected chi connectivity index (χ3v) is 3.46. The normalized spacial score (nSPS) is 31.1. The van der Waals surface area contributed by atoms with Gasteiger partial charge in [-0.05, 0) is 42.9 Å². The van der Waals surface area contributed by atoms with Crippen molar-refractivity contribution in [2.45, 2.75) is 25.3 Å². The second kappa shape index (κ2) is 2.85. The molecule has 0 radical (unpaired) electrons. The second-order valence-electron chi connectivity index (χ2n) is 4.24. The highest BCUT2D eigenvalue weighted by Gasteiger charge is 2.33. The van der Waals surface area contributed by atoms with Gasteiger partial charge < -0.3 is 5.32 Å². The molecule has 0 spiro atoms. The Kier molecular flexibility index (Phi) is 1.66. The molecule has 2 aliphatic rings. The molecule has 1 fully saturated rings. The predicted octanol–water partition coefficient (Wildman–Crippen LogP) is 2.28. The van der Waals surface area contributed by atoms with E-state index in [1.165, 1.54) is 25.8 Å². The van der Waals surface area contributed by atoms with Crippen LogP contribution in [0.5, 0.6) is 0 Å². The van der Waals surface area contributed by atoms with Crippen molar-refractivity contribution in [3.8, 4) is 0 Å². The van der Waals surface area contributed by atoms with Crippen molar-refractivity contribution >= 4 is 0 Å². The third-order valence-electron chi connectivity index (χ3n) is 3.46. The monoisotopic (exact) mass is 173 g/mol. The minimum atomic E-state index is 0.671. The molecule has 1 nitrogen and oxygen atoms in total. The Labute approximate surface area is 79.2 Å². The van der Waals surface area contributed by atoms with Crippen LogP contribution in [0.4, 0.5) is 0 Å². The zero-order valence-corrected chi connectivity index (χ0v) is 7.79. The van der Waals surface area contributed by atoms with Gasteiger partial charge in [0, 0.05) is 6.04 Å². The number of hydrogen-bond donors (Lipinski definition) is 1. The van der Waals surface area contributed by atoms with E-state index in [1.54, 1.807) is 11.1 Å². The number of nitrogens with one attached hydrogen (secondary N) is 1. The van der Waals surface area contributed by atoms with Gasteiger partial charge in [0.2, 0.25) is 0 Å². The van der Waals surface area contributed by atoms with Gasteiger partial charge in [-0.25, -0.2) is 0 Å². The van der Waals surface area contributed by atoms with Crippen LogP contribution in [0.15, 0.2) is 24.3 Å². The lowest BCUT2D eigenvalue weighted by molar-refractivity contribution is 0.307. The Bertz CT molecular complexity index is 319. The lowest BCUT2D eigenvalue weighted by Gasteiger charge is -2.27. The van der Waals surface area contributed by atoms with Gasteiger partial charge in [0.25, 0.3) is 0 Å². The molecule has 1 heteroatoms. The zero-order chi connectivity index (χ0) is 8.67. The molecule has 68 valence electrons. The number of hydrogen-bond acceptors (Lipinski definition) is 1. The molecule has 3 rings (SSSR count). The summed E-state index contributed by atoms with van der Waals surface area (Å²) in [5, 5.41) is 3.64. The van der Waals surface area contributed by atoms with Crippen LogP contribution >= 0.6 is 0 Å². The van der Waals surface area contributed by atoms with Crippen LogP contribution in [-0.2, 0) is 6.42 Å². The summed E-state index contributed by atoms with van der Waals surface area (Å²) in [6.07, 6.45) is 4.06. The number of piperidine rings is 1. The summed E-state index contributed by atoms with van der Waals surface area (Å²) in [6, 6.07) is 9.58. The molecular weight excluding hydrogens is 158 g/mol. The van der Waals surface area contributed by atoms with Gasteiger partial charge >= 0.3 is 0 Å². The van der Waals surface area contributed by atoms with Crippen molar-refractivity contribution in [2.75, 3.05) is 6.54 Å². The van der Waals surface area contributed by atoms with Crippen molar-refractivity contribution in [1.82, 2.24) is 5.32 Å². The van der Waals surface area contributed by atoms with Crippen LogP contribution < -0.4 is 5.32 Å². The fourth-order valence-corrected chi connectivity index (χ4v) is 2.84. The average molecular weight is 173 g/mol. The van der Waals surface area contributed by atoms with Crippen LogP contribution in [0.2, 0.25) is 0 Å². The predicted molar refractivity (Wildman–Crippen MR) is 53.6 cm³/mol. The summed E-state index contributed by atoms with van der Waals surface area (Å²) in [5.74, 6) is 0.881. The smallest absolute Gasteiger partial charge is 0.0354 e. The maximum Gasteiger partial charge on any atom is 0.0354 e. The van der Waals surface area contributed by atoms with E-state index in [0.29, 0.717) is 6.04 Å². The summed E-state index contributed by atoms with van der Waals surface area (Å²) in [5.41, 5.74) is 3.14.